The van der Waals surface area contributed by atoms with Crippen molar-refractivity contribution < 1.29 is 4.39 Å². The summed E-state index contributed by atoms with van der Waals surface area (Å²) in [5.74, 6) is 0.403. The molecule has 1 heterocycles. The number of benzene rings is 1. The van der Waals surface area contributed by atoms with Gasteiger partial charge < -0.3 is 11.1 Å². The summed E-state index contributed by atoms with van der Waals surface area (Å²) < 4.78 is 12.9. The lowest BCUT2D eigenvalue weighted by molar-refractivity contribution is 0.372. The molecule has 1 fully saturated rings. The topological polar surface area (TPSA) is 38.0 Å². The number of nitrogen functional groups attached to an aromatic ring is 1. The molecule has 0 bridgehead atoms. The van der Waals surface area contributed by atoms with Gasteiger partial charge in [0.05, 0.1) is 5.69 Å². The van der Waals surface area contributed by atoms with Crippen molar-refractivity contribution in [3.8, 4) is 0 Å². The van der Waals surface area contributed by atoms with E-state index in [-0.39, 0.29) is 11.5 Å². The Balaban J connectivity index is 2.00. The highest BCUT2D eigenvalue weighted by Gasteiger charge is 2.13. The number of halogens is 1. The van der Waals surface area contributed by atoms with Crippen LogP contribution in [0, 0.1) is 11.7 Å². The number of rotatable bonds is 2. The fourth-order valence-corrected chi connectivity index (χ4v) is 2.14. The van der Waals surface area contributed by atoms with Crippen LogP contribution in [0.25, 0.3) is 0 Å². The summed E-state index contributed by atoms with van der Waals surface area (Å²) in [7, 11) is 0. The molecule has 1 aromatic carbocycles. The highest BCUT2D eigenvalue weighted by atomic mass is 19.1. The van der Waals surface area contributed by atoms with Crippen LogP contribution >= 0.6 is 0 Å². The zero-order valence-corrected chi connectivity index (χ0v) is 8.80. The van der Waals surface area contributed by atoms with E-state index < -0.39 is 0 Å². The molecule has 2 rings (SSSR count). The van der Waals surface area contributed by atoms with E-state index in [0.29, 0.717) is 0 Å². The van der Waals surface area contributed by atoms with Crippen LogP contribution in [-0.4, -0.2) is 13.1 Å². The third-order valence-corrected chi connectivity index (χ3v) is 3.04. The summed E-state index contributed by atoms with van der Waals surface area (Å²) in [4.78, 5) is 0. The molecule has 0 unspecified atom stereocenters. The second-order valence-electron chi connectivity index (χ2n) is 4.25. The molecule has 0 saturated carbocycles. The second kappa shape index (κ2) is 4.62. The maximum atomic E-state index is 12.9. The highest BCUT2D eigenvalue weighted by Crippen LogP contribution is 2.20. The second-order valence-corrected chi connectivity index (χ2v) is 4.25. The maximum absolute atomic E-state index is 12.9. The average molecular weight is 208 g/mol. The van der Waals surface area contributed by atoms with Gasteiger partial charge in [-0.2, -0.15) is 0 Å². The van der Waals surface area contributed by atoms with Crippen molar-refractivity contribution in [3.63, 3.8) is 0 Å². The zero-order valence-electron chi connectivity index (χ0n) is 8.80. The van der Waals surface area contributed by atoms with Crippen LogP contribution in [0.3, 0.4) is 0 Å². The Hall–Kier alpha value is -1.09. The summed E-state index contributed by atoms with van der Waals surface area (Å²) in [5, 5.41) is 3.34. The van der Waals surface area contributed by atoms with Gasteiger partial charge in [0, 0.05) is 0 Å². The summed E-state index contributed by atoms with van der Waals surface area (Å²) >= 11 is 0. The fraction of sp³-hybridized carbons (Fsp3) is 0.500. The Morgan fingerprint density at radius 2 is 2.07 bits per heavy atom. The van der Waals surface area contributed by atoms with Crippen LogP contribution in [-0.2, 0) is 6.42 Å². The van der Waals surface area contributed by atoms with Gasteiger partial charge >= 0.3 is 0 Å². The van der Waals surface area contributed by atoms with Crippen molar-refractivity contribution in [2.24, 2.45) is 5.92 Å². The average Bonchev–Trinajstić information content (AvgIpc) is 2.25. The zero-order chi connectivity index (χ0) is 10.7. The molecule has 2 nitrogen and oxygen atoms in total. The normalized spacial score (nSPS) is 17.9. The van der Waals surface area contributed by atoms with E-state index in [1.807, 2.05) is 6.07 Å². The number of hydrogen-bond acceptors (Lipinski definition) is 2. The van der Waals surface area contributed by atoms with Gasteiger partial charge in [-0.25, -0.2) is 4.39 Å². The molecular weight excluding hydrogens is 191 g/mol. The van der Waals surface area contributed by atoms with Crippen molar-refractivity contribution in [1.29, 1.82) is 0 Å². The van der Waals surface area contributed by atoms with Crippen molar-refractivity contribution in [2.75, 3.05) is 18.8 Å². The number of anilines is 1. The van der Waals surface area contributed by atoms with Crippen LogP contribution in [0.2, 0.25) is 0 Å². The summed E-state index contributed by atoms with van der Waals surface area (Å²) in [6.07, 6.45) is 3.43. The van der Waals surface area contributed by atoms with Gasteiger partial charge in [-0.3, -0.25) is 0 Å². The molecule has 0 amide bonds. The van der Waals surface area contributed by atoms with Crippen molar-refractivity contribution >= 4 is 5.69 Å². The SMILES string of the molecule is Nc1cc(CC2CCNCC2)ccc1F. The Labute approximate surface area is 89.7 Å². The van der Waals surface area contributed by atoms with Crippen LogP contribution < -0.4 is 11.1 Å². The van der Waals surface area contributed by atoms with Gasteiger partial charge in [0.2, 0.25) is 0 Å². The molecule has 15 heavy (non-hydrogen) atoms. The first-order valence-corrected chi connectivity index (χ1v) is 5.50. The molecule has 1 aromatic rings. The number of nitrogens with two attached hydrogens (primary N) is 1. The first-order valence-electron chi connectivity index (χ1n) is 5.50. The van der Waals surface area contributed by atoms with Crippen LogP contribution in [0.5, 0.6) is 0 Å². The third kappa shape index (κ3) is 2.69. The number of hydrogen-bond donors (Lipinski definition) is 2. The highest BCUT2D eigenvalue weighted by molar-refractivity contribution is 5.42. The smallest absolute Gasteiger partial charge is 0.146 e. The van der Waals surface area contributed by atoms with Crippen molar-refractivity contribution in [3.05, 3.63) is 29.6 Å². The summed E-state index contributed by atoms with van der Waals surface area (Å²) in [6.45, 7) is 2.20. The van der Waals surface area contributed by atoms with Gasteiger partial charge in [0.25, 0.3) is 0 Å². The Morgan fingerprint density at radius 1 is 1.33 bits per heavy atom. The molecule has 82 valence electrons. The molecule has 1 aliphatic heterocycles. The summed E-state index contributed by atoms with van der Waals surface area (Å²) in [6, 6.07) is 5.07. The Bertz CT molecular complexity index is 332. The van der Waals surface area contributed by atoms with E-state index in [4.69, 9.17) is 5.73 Å². The molecule has 3 N–H and O–H groups in total. The van der Waals surface area contributed by atoms with Gasteiger partial charge in [0.1, 0.15) is 5.82 Å². The minimum Gasteiger partial charge on any atom is -0.396 e. The van der Waals surface area contributed by atoms with E-state index in [2.05, 4.69) is 5.32 Å². The Morgan fingerprint density at radius 3 is 2.73 bits per heavy atom. The van der Waals surface area contributed by atoms with E-state index in [1.54, 1.807) is 6.07 Å². The Kier molecular flexibility index (Phi) is 3.21. The molecule has 0 atom stereocenters. The predicted molar refractivity (Wildman–Crippen MR) is 60.1 cm³/mol. The lowest BCUT2D eigenvalue weighted by Gasteiger charge is -2.22. The van der Waals surface area contributed by atoms with E-state index in [9.17, 15) is 4.39 Å². The minimum atomic E-state index is -0.316. The van der Waals surface area contributed by atoms with E-state index >= 15 is 0 Å². The molecule has 3 heteroatoms. The van der Waals surface area contributed by atoms with Crippen LogP contribution in [0.15, 0.2) is 18.2 Å². The predicted octanol–water partition coefficient (Wildman–Crippen LogP) is 1.95. The van der Waals surface area contributed by atoms with E-state index in [1.165, 1.54) is 18.9 Å². The van der Waals surface area contributed by atoms with Gasteiger partial charge in [-0.15, -0.1) is 0 Å². The lowest BCUT2D eigenvalue weighted by Crippen LogP contribution is -2.28. The fourth-order valence-electron chi connectivity index (χ4n) is 2.14. The standard InChI is InChI=1S/C12H17FN2/c13-11-2-1-10(8-12(11)14)7-9-3-5-15-6-4-9/h1-2,8-9,15H,3-7,14H2. The molecule has 1 saturated heterocycles. The lowest BCUT2D eigenvalue weighted by atomic mass is 9.91. The summed E-state index contributed by atoms with van der Waals surface area (Å²) in [5.41, 5.74) is 6.96. The molecular formula is C12H17FN2. The van der Waals surface area contributed by atoms with Gasteiger partial charge in [-0.05, 0) is 56.0 Å². The minimum absolute atomic E-state index is 0.265. The molecule has 0 radical (unpaired) electrons. The number of piperidine rings is 1. The third-order valence-electron chi connectivity index (χ3n) is 3.04. The quantitative estimate of drug-likeness (QED) is 0.729. The van der Waals surface area contributed by atoms with Crippen molar-refractivity contribution in [2.45, 2.75) is 19.3 Å². The molecule has 0 spiro atoms. The van der Waals surface area contributed by atoms with Crippen molar-refractivity contribution in [1.82, 2.24) is 5.32 Å². The monoisotopic (exact) mass is 208 g/mol. The van der Waals surface area contributed by atoms with Crippen LogP contribution in [0.4, 0.5) is 10.1 Å². The maximum Gasteiger partial charge on any atom is 0.146 e. The molecule has 1 aliphatic rings. The number of nitrogens with one attached hydrogen (secondary N) is 1. The first-order chi connectivity index (χ1) is 7.25. The van der Waals surface area contributed by atoms with Gasteiger partial charge in [-0.1, -0.05) is 6.07 Å². The van der Waals surface area contributed by atoms with Crippen LogP contribution in [0.1, 0.15) is 18.4 Å². The largest absolute Gasteiger partial charge is 0.396 e. The first kappa shape index (κ1) is 10.4. The van der Waals surface area contributed by atoms with E-state index in [0.717, 1.165) is 31.0 Å². The van der Waals surface area contributed by atoms with Gasteiger partial charge in [0.15, 0.2) is 0 Å². The molecule has 0 aromatic heterocycles. The molecule has 0 aliphatic carbocycles.